The van der Waals surface area contributed by atoms with Gasteiger partial charge in [0.2, 0.25) is 0 Å². The molecule has 0 saturated heterocycles. The molecule has 0 aromatic heterocycles. The van der Waals surface area contributed by atoms with E-state index < -0.39 is 11.2 Å². The normalized spacial score (nSPS) is 11.1. The molecule has 12 heavy (non-hydrogen) atoms. The quantitative estimate of drug-likeness (QED) is 0.269. The Bertz CT molecular complexity index is 167. The number of nitrogens with two attached hydrogens (primary N) is 2. The Hall–Kier alpha value is -0.430. The van der Waals surface area contributed by atoms with E-state index in [0.29, 0.717) is 6.42 Å². The molecule has 0 fully saturated rings. The predicted molar refractivity (Wildman–Crippen MR) is 41.5 cm³/mol. The number of halogens is 1. The first-order valence-electron chi connectivity index (χ1n) is 3.02. The topological polar surface area (TPSA) is 98.1 Å². The van der Waals surface area contributed by atoms with Crippen LogP contribution in [0.1, 0.15) is 13.3 Å². The summed E-state index contributed by atoms with van der Waals surface area (Å²) in [5, 5.41) is 12.8. The van der Waals surface area contributed by atoms with E-state index in [0.717, 1.165) is 12.0 Å². The van der Waals surface area contributed by atoms with Crippen molar-refractivity contribution in [3.05, 3.63) is 0 Å². The Labute approximate surface area is 85.1 Å². The molecule has 0 saturated carbocycles. The van der Waals surface area contributed by atoms with Gasteiger partial charge in [0.1, 0.15) is 5.25 Å². The van der Waals surface area contributed by atoms with Crippen LogP contribution < -0.4 is 28.1 Å². The third-order valence-corrected chi connectivity index (χ3v) is 1.96. The number of carboxylic acids is 1. The lowest BCUT2D eigenvalue weighted by Gasteiger charge is -2.04. The van der Waals surface area contributed by atoms with Gasteiger partial charge in [-0.3, -0.25) is 15.9 Å². The van der Waals surface area contributed by atoms with E-state index in [1.165, 1.54) is 0 Å². The minimum Gasteiger partial charge on any atom is -1.00 e. The number of aliphatic carboxylic acids is 1. The number of rotatable bonds is 4. The first-order chi connectivity index (χ1) is 5.07. The maximum absolute atomic E-state index is 10.4. The molecule has 0 amide bonds. The van der Waals surface area contributed by atoms with E-state index in [1.807, 2.05) is 0 Å². The van der Waals surface area contributed by atoms with Gasteiger partial charge in [0.25, 0.3) is 0 Å². The van der Waals surface area contributed by atoms with Crippen molar-refractivity contribution in [1.29, 1.82) is 0 Å². The van der Waals surface area contributed by atoms with Crippen LogP contribution in [-0.2, 0) is 8.98 Å². The van der Waals surface area contributed by atoms with Gasteiger partial charge >= 0.3 is 12.0 Å². The van der Waals surface area contributed by atoms with Gasteiger partial charge in [0, 0.05) is 0 Å². The van der Waals surface area contributed by atoms with E-state index in [2.05, 4.69) is 4.18 Å². The number of carboxylic acid groups (broad SMARTS) is 1. The lowest BCUT2D eigenvalue weighted by molar-refractivity contribution is -0.136. The summed E-state index contributed by atoms with van der Waals surface area (Å²) in [6.07, 6.45) is 0.466. The van der Waals surface area contributed by atoms with Crippen LogP contribution in [-0.4, -0.2) is 22.3 Å². The van der Waals surface area contributed by atoms with Crippen LogP contribution in [0.25, 0.3) is 0 Å². The molecule has 0 aliphatic heterocycles. The first-order valence-corrected chi connectivity index (χ1v) is 3.82. The molecule has 7 heteroatoms. The molecule has 0 heterocycles. The predicted octanol–water partition coefficient (Wildman–Crippen LogP) is -4.41. The third kappa shape index (κ3) is 6.29. The van der Waals surface area contributed by atoms with Crippen LogP contribution in [0, 0.1) is 0 Å². The Morgan fingerprint density at radius 2 is 2.33 bits per heavy atom. The van der Waals surface area contributed by atoms with Crippen molar-refractivity contribution < 1.29 is 36.5 Å². The summed E-state index contributed by atoms with van der Waals surface area (Å²) in [5.74, 6) is -0.932. The fourth-order valence-corrected chi connectivity index (χ4v) is 0.843. The highest BCUT2D eigenvalue weighted by Gasteiger charge is 2.18. The molecule has 0 bridgehead atoms. The summed E-state index contributed by atoms with van der Waals surface area (Å²) in [6, 6.07) is -0.227. The van der Waals surface area contributed by atoms with Crippen molar-refractivity contribution in [1.82, 2.24) is 0 Å². The third-order valence-electron chi connectivity index (χ3n) is 0.907. The monoisotopic (exact) mass is 258 g/mol. The molecular weight excluding hydrogens is 248 g/mol. The van der Waals surface area contributed by atoms with Crippen molar-refractivity contribution >= 4 is 24.0 Å². The maximum Gasteiger partial charge on any atom is 0.449 e. The molecular formula is C5H11BrN2O3S. The fraction of sp³-hybridized carbons (Fsp3) is 0.600. The van der Waals surface area contributed by atoms with Crippen LogP contribution in [0.3, 0.4) is 0 Å². The Balaban J connectivity index is 0. The number of carbonyl (C=O) groups is 1. The Morgan fingerprint density at radius 3 is 2.58 bits per heavy atom. The zero-order valence-electron chi connectivity index (χ0n) is 6.49. The van der Waals surface area contributed by atoms with Crippen LogP contribution in [0.5, 0.6) is 0 Å². The SMILES string of the molecule is CCC(SOC(N)=[NH2+])C(=O)O.[Br-]. The van der Waals surface area contributed by atoms with Gasteiger partial charge in [-0.05, 0) is 6.42 Å². The second kappa shape index (κ2) is 7.23. The molecule has 1 atom stereocenters. The van der Waals surface area contributed by atoms with Crippen molar-refractivity contribution in [2.75, 3.05) is 0 Å². The zero-order chi connectivity index (χ0) is 8.85. The molecule has 0 spiro atoms. The lowest BCUT2D eigenvalue weighted by atomic mass is 10.3. The largest absolute Gasteiger partial charge is 1.00 e. The van der Waals surface area contributed by atoms with E-state index in [9.17, 15) is 4.79 Å². The van der Waals surface area contributed by atoms with E-state index in [1.54, 1.807) is 6.92 Å². The molecule has 0 aliphatic rings. The number of hydrogen-bond donors (Lipinski definition) is 3. The average Bonchev–Trinajstić information content (AvgIpc) is 1.87. The maximum atomic E-state index is 10.4. The molecule has 72 valence electrons. The molecule has 0 radical (unpaired) electrons. The molecule has 1 unspecified atom stereocenters. The lowest BCUT2D eigenvalue weighted by Crippen LogP contribution is -3.00. The first kappa shape index (κ1) is 14.1. The van der Waals surface area contributed by atoms with Crippen molar-refractivity contribution in [3.8, 4) is 0 Å². The standard InChI is InChI=1S/C5H10N2O3S.BrH/c1-2-3(4(8)9)11-10-5(6)7;/h3H,2H2,1H3,(H3,6,7)(H,8,9);1H. The van der Waals surface area contributed by atoms with E-state index in [-0.39, 0.29) is 23.0 Å². The number of amidine groups is 1. The second-order valence-corrected chi connectivity index (χ2v) is 2.75. The summed E-state index contributed by atoms with van der Waals surface area (Å²) >= 11 is 0.751. The molecule has 0 aliphatic carbocycles. The minimum atomic E-state index is -0.932. The van der Waals surface area contributed by atoms with Crippen molar-refractivity contribution in [2.24, 2.45) is 5.73 Å². The van der Waals surface area contributed by atoms with Crippen LogP contribution in [0.4, 0.5) is 0 Å². The molecule has 0 aromatic carbocycles. The van der Waals surface area contributed by atoms with Gasteiger partial charge in [0.15, 0.2) is 0 Å². The van der Waals surface area contributed by atoms with Gasteiger partial charge < -0.3 is 26.3 Å². The smallest absolute Gasteiger partial charge is 0.449 e. The van der Waals surface area contributed by atoms with Crippen LogP contribution >= 0.6 is 12.0 Å². The summed E-state index contributed by atoms with van der Waals surface area (Å²) < 4.78 is 4.56. The molecule has 5 N–H and O–H groups in total. The average molecular weight is 259 g/mol. The molecule has 0 rings (SSSR count). The summed E-state index contributed by atoms with van der Waals surface area (Å²) in [6.45, 7) is 1.74. The van der Waals surface area contributed by atoms with Crippen molar-refractivity contribution in [2.45, 2.75) is 18.6 Å². The van der Waals surface area contributed by atoms with Gasteiger partial charge in [-0.2, -0.15) is 0 Å². The van der Waals surface area contributed by atoms with Gasteiger partial charge in [-0.15, -0.1) is 0 Å². The Morgan fingerprint density at radius 1 is 1.83 bits per heavy atom. The van der Waals surface area contributed by atoms with E-state index in [4.69, 9.17) is 16.2 Å². The van der Waals surface area contributed by atoms with E-state index >= 15 is 0 Å². The summed E-state index contributed by atoms with van der Waals surface area (Å²) in [4.78, 5) is 10.4. The van der Waals surface area contributed by atoms with Gasteiger partial charge in [-0.1, -0.05) is 6.92 Å². The molecule has 0 aromatic rings. The highest BCUT2D eigenvalue weighted by Crippen LogP contribution is 2.14. The zero-order valence-corrected chi connectivity index (χ0v) is 8.89. The van der Waals surface area contributed by atoms with Crippen molar-refractivity contribution in [3.63, 3.8) is 0 Å². The van der Waals surface area contributed by atoms with Crippen LogP contribution in [0.15, 0.2) is 0 Å². The van der Waals surface area contributed by atoms with Gasteiger partial charge in [-0.25, -0.2) is 0 Å². The van der Waals surface area contributed by atoms with Gasteiger partial charge in [0.05, 0.1) is 12.0 Å². The van der Waals surface area contributed by atoms with Crippen LogP contribution in [0.2, 0.25) is 0 Å². The summed E-state index contributed by atoms with van der Waals surface area (Å²) in [7, 11) is 0. The highest BCUT2D eigenvalue weighted by atomic mass is 79.9. The highest BCUT2D eigenvalue weighted by molar-refractivity contribution is 7.96. The Kier molecular flexibility index (Phi) is 8.51. The summed E-state index contributed by atoms with van der Waals surface area (Å²) in [5.41, 5.74) is 4.95. The minimum absolute atomic E-state index is 0. The molecule has 5 nitrogen and oxygen atoms in total. The number of hydrogen-bond acceptors (Lipinski definition) is 3. The second-order valence-electron chi connectivity index (χ2n) is 1.82. The fourth-order valence-electron chi connectivity index (χ4n) is 0.397.